The Morgan fingerprint density at radius 2 is 1.17 bits per heavy atom. The van der Waals surface area contributed by atoms with E-state index in [1.807, 2.05) is 78.9 Å². The standard InChI is InChI=1S/C21H14O2.Ni/c22-21(19-13-5-9-15-7-1-3-11-17(15)19)23-20-14-6-10-16-8-2-4-12-18(16)20;/h1-14H;. The summed E-state index contributed by atoms with van der Waals surface area (Å²) in [7, 11) is 0. The molecule has 120 valence electrons. The molecule has 24 heavy (non-hydrogen) atoms. The number of hydrogen-bond donors (Lipinski definition) is 0. The summed E-state index contributed by atoms with van der Waals surface area (Å²) >= 11 is 0. The molecule has 0 aliphatic carbocycles. The predicted molar refractivity (Wildman–Crippen MR) is 92.9 cm³/mol. The topological polar surface area (TPSA) is 26.3 Å². The molecule has 0 aliphatic heterocycles. The molecule has 4 aromatic carbocycles. The van der Waals surface area contributed by atoms with Gasteiger partial charge in [-0.2, -0.15) is 0 Å². The summed E-state index contributed by atoms with van der Waals surface area (Å²) in [4.78, 5) is 12.6. The van der Waals surface area contributed by atoms with Crippen LogP contribution in [-0.2, 0) is 16.5 Å². The van der Waals surface area contributed by atoms with E-state index in [2.05, 4.69) is 0 Å². The molecule has 0 bridgehead atoms. The van der Waals surface area contributed by atoms with Crippen LogP contribution < -0.4 is 4.74 Å². The van der Waals surface area contributed by atoms with Crippen LogP contribution in [0.5, 0.6) is 5.75 Å². The molecule has 0 atom stereocenters. The van der Waals surface area contributed by atoms with E-state index in [1.54, 1.807) is 6.07 Å². The molecule has 2 nitrogen and oxygen atoms in total. The van der Waals surface area contributed by atoms with Gasteiger partial charge in [-0.25, -0.2) is 4.79 Å². The van der Waals surface area contributed by atoms with E-state index in [9.17, 15) is 4.79 Å². The number of carbonyl (C=O) groups excluding carboxylic acids is 1. The Morgan fingerprint density at radius 3 is 1.92 bits per heavy atom. The van der Waals surface area contributed by atoms with Crippen LogP contribution in [0.1, 0.15) is 10.4 Å². The van der Waals surface area contributed by atoms with Gasteiger partial charge >= 0.3 is 5.97 Å². The van der Waals surface area contributed by atoms with Crippen LogP contribution in [0.25, 0.3) is 21.5 Å². The molecule has 0 unspecified atom stereocenters. The minimum Gasteiger partial charge on any atom is -0.422 e. The fourth-order valence-corrected chi connectivity index (χ4v) is 2.84. The van der Waals surface area contributed by atoms with Gasteiger partial charge in [0.25, 0.3) is 0 Å². The van der Waals surface area contributed by atoms with E-state index in [0.29, 0.717) is 11.3 Å². The third kappa shape index (κ3) is 2.91. The monoisotopic (exact) mass is 356 g/mol. The zero-order valence-corrected chi connectivity index (χ0v) is 13.7. The number of ether oxygens (including phenoxy) is 1. The van der Waals surface area contributed by atoms with Crippen molar-refractivity contribution < 1.29 is 26.0 Å². The number of rotatable bonds is 2. The summed E-state index contributed by atoms with van der Waals surface area (Å²) < 4.78 is 5.68. The van der Waals surface area contributed by atoms with Crippen LogP contribution in [0.15, 0.2) is 84.9 Å². The van der Waals surface area contributed by atoms with E-state index >= 15 is 0 Å². The summed E-state index contributed by atoms with van der Waals surface area (Å²) in [5.74, 6) is 0.249. The van der Waals surface area contributed by atoms with E-state index in [0.717, 1.165) is 21.5 Å². The third-order valence-corrected chi connectivity index (χ3v) is 3.96. The van der Waals surface area contributed by atoms with E-state index in [4.69, 9.17) is 4.74 Å². The third-order valence-electron chi connectivity index (χ3n) is 3.96. The molecule has 0 saturated carbocycles. The number of esters is 1. The van der Waals surface area contributed by atoms with Gasteiger partial charge in [-0.05, 0) is 28.3 Å². The molecule has 0 heterocycles. The predicted octanol–water partition coefficient (Wildman–Crippen LogP) is 5.21. The van der Waals surface area contributed by atoms with Crippen molar-refractivity contribution >= 4 is 27.5 Å². The van der Waals surface area contributed by atoms with E-state index in [1.165, 1.54) is 0 Å². The van der Waals surface area contributed by atoms with Crippen LogP contribution in [0, 0.1) is 0 Å². The second-order valence-corrected chi connectivity index (χ2v) is 5.39. The number of hydrogen-bond acceptors (Lipinski definition) is 2. The van der Waals surface area contributed by atoms with Crippen LogP contribution in [0.4, 0.5) is 0 Å². The fraction of sp³-hybridized carbons (Fsp3) is 0. The van der Waals surface area contributed by atoms with Crippen molar-refractivity contribution in [1.82, 2.24) is 0 Å². The van der Waals surface area contributed by atoms with Crippen molar-refractivity contribution in [2.75, 3.05) is 0 Å². The number of benzene rings is 4. The Hall–Kier alpha value is -2.64. The van der Waals surface area contributed by atoms with Crippen molar-refractivity contribution in [2.45, 2.75) is 0 Å². The van der Waals surface area contributed by atoms with Crippen LogP contribution >= 0.6 is 0 Å². The molecule has 0 aromatic heterocycles. The van der Waals surface area contributed by atoms with Crippen molar-refractivity contribution in [3.8, 4) is 5.75 Å². The SMILES string of the molecule is O=C(Oc1cccc2ccccc12)c1cccc2ccccc12.[Ni]. The van der Waals surface area contributed by atoms with Gasteiger partial charge in [0.15, 0.2) is 0 Å². The molecule has 4 rings (SSSR count). The quantitative estimate of drug-likeness (QED) is 0.280. The normalized spacial score (nSPS) is 10.3. The molecular formula is C21H14NiO2. The Kier molecular flexibility index (Phi) is 4.64. The van der Waals surface area contributed by atoms with Gasteiger partial charge in [-0.1, -0.05) is 72.8 Å². The van der Waals surface area contributed by atoms with E-state index < -0.39 is 0 Å². The molecule has 0 radical (unpaired) electrons. The Labute approximate surface area is 150 Å². The molecule has 3 heteroatoms. The van der Waals surface area contributed by atoms with Crippen LogP contribution in [-0.4, -0.2) is 5.97 Å². The average Bonchev–Trinajstić information content (AvgIpc) is 2.61. The number of fused-ring (bicyclic) bond motifs is 2. The maximum Gasteiger partial charge on any atom is 0.344 e. The van der Waals surface area contributed by atoms with Crippen molar-refractivity contribution in [3.63, 3.8) is 0 Å². The first kappa shape index (κ1) is 16.2. The van der Waals surface area contributed by atoms with Crippen LogP contribution in [0.3, 0.4) is 0 Å². The first-order valence-electron chi connectivity index (χ1n) is 7.51. The largest absolute Gasteiger partial charge is 0.422 e. The van der Waals surface area contributed by atoms with Crippen molar-refractivity contribution in [1.29, 1.82) is 0 Å². The smallest absolute Gasteiger partial charge is 0.344 e. The van der Waals surface area contributed by atoms with Gasteiger partial charge in [-0.15, -0.1) is 0 Å². The first-order valence-corrected chi connectivity index (χ1v) is 7.51. The zero-order chi connectivity index (χ0) is 15.6. The number of carbonyl (C=O) groups is 1. The molecule has 4 aromatic rings. The van der Waals surface area contributed by atoms with Gasteiger partial charge < -0.3 is 4.74 Å². The Bertz CT molecular complexity index is 1010. The Balaban J connectivity index is 0.00000169. The second kappa shape index (κ2) is 6.86. The summed E-state index contributed by atoms with van der Waals surface area (Å²) in [6.45, 7) is 0. The summed E-state index contributed by atoms with van der Waals surface area (Å²) in [5, 5.41) is 3.92. The summed E-state index contributed by atoms with van der Waals surface area (Å²) in [6, 6.07) is 27.1. The molecule has 0 fully saturated rings. The van der Waals surface area contributed by atoms with Gasteiger partial charge in [0.2, 0.25) is 0 Å². The zero-order valence-electron chi connectivity index (χ0n) is 12.7. The van der Waals surface area contributed by atoms with Gasteiger partial charge in [0.05, 0.1) is 5.56 Å². The van der Waals surface area contributed by atoms with E-state index in [-0.39, 0.29) is 22.5 Å². The molecular weight excluding hydrogens is 343 g/mol. The van der Waals surface area contributed by atoms with Gasteiger partial charge in [0, 0.05) is 21.9 Å². The second-order valence-electron chi connectivity index (χ2n) is 5.39. The molecule has 0 saturated heterocycles. The average molecular weight is 357 g/mol. The van der Waals surface area contributed by atoms with Crippen molar-refractivity contribution in [2.24, 2.45) is 0 Å². The maximum atomic E-state index is 12.6. The Morgan fingerprint density at radius 1 is 0.625 bits per heavy atom. The molecule has 0 N–H and O–H groups in total. The molecule has 0 amide bonds. The maximum absolute atomic E-state index is 12.6. The van der Waals surface area contributed by atoms with Gasteiger partial charge in [-0.3, -0.25) is 0 Å². The van der Waals surface area contributed by atoms with Gasteiger partial charge in [0.1, 0.15) is 5.75 Å². The first-order chi connectivity index (χ1) is 11.3. The molecule has 0 spiro atoms. The van der Waals surface area contributed by atoms with Crippen molar-refractivity contribution in [3.05, 3.63) is 90.5 Å². The van der Waals surface area contributed by atoms with Crippen LogP contribution in [0.2, 0.25) is 0 Å². The summed E-state index contributed by atoms with van der Waals surface area (Å²) in [6.07, 6.45) is 0. The summed E-state index contributed by atoms with van der Waals surface area (Å²) in [5.41, 5.74) is 0.580. The fourth-order valence-electron chi connectivity index (χ4n) is 2.84. The minimum atomic E-state index is -0.335. The minimum absolute atomic E-state index is 0. The molecule has 0 aliphatic rings.